The second-order valence-electron chi connectivity index (χ2n) is 11.4. The Kier molecular flexibility index (Phi) is 28.3. The molecule has 0 N–H and O–H groups in total. The molecule has 4 aromatic rings. The molecule has 236 valence electrons. The first-order chi connectivity index (χ1) is 18.4. The minimum absolute atomic E-state index is 0. The zero-order chi connectivity index (χ0) is 30.4. The van der Waals surface area contributed by atoms with E-state index in [-0.39, 0.29) is 51.0 Å². The third kappa shape index (κ3) is 14.4. The van der Waals surface area contributed by atoms with Crippen molar-refractivity contribution >= 4 is 31.1 Å². The quantitative estimate of drug-likeness (QED) is 0.164. The van der Waals surface area contributed by atoms with Crippen LogP contribution in [-0.4, -0.2) is 9.52 Å². The molecule has 0 aromatic heterocycles. The van der Waals surface area contributed by atoms with E-state index < -0.39 is 0 Å². The van der Waals surface area contributed by atoms with Gasteiger partial charge in [0.2, 0.25) is 0 Å². The predicted molar refractivity (Wildman–Crippen MR) is 184 cm³/mol. The number of benzene rings is 2. The summed E-state index contributed by atoms with van der Waals surface area (Å²) in [6, 6.07) is 18.7. The number of hydrogen-bond acceptors (Lipinski definition) is 0. The van der Waals surface area contributed by atoms with Gasteiger partial charge in [0, 0.05) is 9.52 Å². The maximum Gasteiger partial charge on any atom is 2.00 e. The van der Waals surface area contributed by atoms with Crippen molar-refractivity contribution in [1.82, 2.24) is 0 Å². The smallest absolute Gasteiger partial charge is 1.00 e. The minimum Gasteiger partial charge on any atom is -1.00 e. The van der Waals surface area contributed by atoms with E-state index in [4.69, 9.17) is 0 Å². The van der Waals surface area contributed by atoms with Crippen molar-refractivity contribution in [3.05, 3.63) is 95.8 Å². The van der Waals surface area contributed by atoms with E-state index in [9.17, 15) is 0 Å². The Balaban J connectivity index is -0.000000268. The van der Waals surface area contributed by atoms with Gasteiger partial charge < -0.3 is 38.7 Å². The van der Waals surface area contributed by atoms with Crippen LogP contribution in [0, 0.1) is 27.7 Å². The van der Waals surface area contributed by atoms with Gasteiger partial charge in [0.1, 0.15) is 0 Å². The van der Waals surface area contributed by atoms with Gasteiger partial charge in [0.05, 0.1) is 0 Å². The third-order valence-electron chi connectivity index (χ3n) is 6.62. The van der Waals surface area contributed by atoms with E-state index in [0.29, 0.717) is 23.7 Å². The molecule has 0 aliphatic heterocycles. The molecule has 0 aliphatic carbocycles. The van der Waals surface area contributed by atoms with Crippen molar-refractivity contribution in [3.8, 4) is 0 Å². The summed E-state index contributed by atoms with van der Waals surface area (Å²) in [6.07, 6.45) is 0. The van der Waals surface area contributed by atoms with Crippen molar-refractivity contribution in [2.75, 3.05) is 0 Å². The number of hydrogen-bond donors (Lipinski definition) is 0. The molecule has 0 amide bonds. The van der Waals surface area contributed by atoms with Crippen LogP contribution in [-0.2, 0) is 26.2 Å². The van der Waals surface area contributed by atoms with Crippen molar-refractivity contribution in [2.45, 2.75) is 120 Å². The van der Waals surface area contributed by atoms with Crippen LogP contribution in [0.1, 0.15) is 126 Å². The van der Waals surface area contributed by atoms with Gasteiger partial charge in [-0.2, -0.15) is 26.0 Å². The van der Waals surface area contributed by atoms with Gasteiger partial charge in [0.15, 0.2) is 0 Å². The molecular weight excluding hydrogens is 647 g/mol. The summed E-state index contributed by atoms with van der Waals surface area (Å²) < 4.78 is 0. The summed E-state index contributed by atoms with van der Waals surface area (Å²) in [7, 11) is 1.08. The second-order valence-corrected chi connectivity index (χ2v) is 12.4. The molecular formula is C38H58Cl2SiZr-4. The van der Waals surface area contributed by atoms with Gasteiger partial charge in [-0.05, 0) is 23.7 Å². The van der Waals surface area contributed by atoms with E-state index in [2.05, 4.69) is 145 Å². The van der Waals surface area contributed by atoms with Gasteiger partial charge in [-0.1, -0.05) is 117 Å². The van der Waals surface area contributed by atoms with Crippen molar-refractivity contribution in [2.24, 2.45) is 0 Å². The fourth-order valence-electron chi connectivity index (χ4n) is 4.67. The summed E-state index contributed by atoms with van der Waals surface area (Å²) in [5.41, 5.74) is 8.66. The van der Waals surface area contributed by atoms with E-state index >= 15 is 0 Å². The number of aryl methyl sites for hydroxylation is 2. The van der Waals surface area contributed by atoms with Gasteiger partial charge in [-0.3, -0.25) is 0 Å². The molecule has 0 spiro atoms. The van der Waals surface area contributed by atoms with E-state index in [1.165, 1.54) is 54.9 Å². The minimum atomic E-state index is 0. The molecule has 0 nitrogen and oxygen atoms in total. The molecule has 0 heterocycles. The summed E-state index contributed by atoms with van der Waals surface area (Å²) in [4.78, 5) is 0. The Morgan fingerprint density at radius 2 is 0.786 bits per heavy atom. The molecule has 0 aliphatic rings. The molecule has 2 radical (unpaired) electrons. The normalized spacial score (nSPS) is 9.81. The topological polar surface area (TPSA) is 0 Å². The van der Waals surface area contributed by atoms with E-state index in [1.54, 1.807) is 13.8 Å². The average Bonchev–Trinajstić information content (AvgIpc) is 3.46. The fraction of sp³-hybridized carbons (Fsp3) is 0.474. The monoisotopic (exact) mass is 702 g/mol. The largest absolute Gasteiger partial charge is 2.00 e. The van der Waals surface area contributed by atoms with Crippen molar-refractivity contribution in [1.29, 1.82) is 0 Å². The Morgan fingerprint density at radius 3 is 1.00 bits per heavy atom. The Labute approximate surface area is 295 Å². The maximum absolute atomic E-state index is 3.25. The van der Waals surface area contributed by atoms with Crippen molar-refractivity contribution < 1.29 is 51.0 Å². The van der Waals surface area contributed by atoms with Gasteiger partial charge in [-0.25, -0.2) is 0 Å². The van der Waals surface area contributed by atoms with Crippen LogP contribution in [0.4, 0.5) is 0 Å². The fourth-order valence-corrected chi connectivity index (χ4v) is 4.67. The molecule has 0 saturated heterocycles. The summed E-state index contributed by atoms with van der Waals surface area (Å²) in [5.74, 6) is 2.42. The summed E-state index contributed by atoms with van der Waals surface area (Å²) >= 11 is 0. The maximum atomic E-state index is 3.25. The first-order valence-corrected chi connectivity index (χ1v) is 16.8. The molecule has 4 rings (SSSR count). The predicted octanol–water partition coefficient (Wildman–Crippen LogP) is 6.70. The van der Waals surface area contributed by atoms with Crippen LogP contribution in [0.25, 0.3) is 21.5 Å². The van der Waals surface area contributed by atoms with Crippen LogP contribution in [0.3, 0.4) is 0 Å². The molecule has 4 aromatic carbocycles. The van der Waals surface area contributed by atoms with E-state index in [0.717, 1.165) is 9.52 Å². The Morgan fingerprint density at radius 1 is 0.524 bits per heavy atom. The van der Waals surface area contributed by atoms with Gasteiger partial charge in [-0.15, -0.1) is 56.9 Å². The first kappa shape index (κ1) is 48.2. The Bertz CT molecular complexity index is 1130. The summed E-state index contributed by atoms with van der Waals surface area (Å²) in [6.45, 7) is 36.8. The van der Waals surface area contributed by atoms with Crippen LogP contribution < -0.4 is 24.8 Å². The van der Waals surface area contributed by atoms with Crippen molar-refractivity contribution in [3.63, 3.8) is 0 Å². The number of rotatable bonds is 4. The summed E-state index contributed by atoms with van der Waals surface area (Å²) in [5, 5.41) is 5.70. The molecule has 0 fully saturated rings. The van der Waals surface area contributed by atoms with Gasteiger partial charge >= 0.3 is 26.2 Å². The van der Waals surface area contributed by atoms with Crippen LogP contribution in [0.2, 0.25) is 13.1 Å². The third-order valence-corrected chi connectivity index (χ3v) is 6.62. The molecule has 0 unspecified atom stereocenters. The average molecular weight is 705 g/mol. The van der Waals surface area contributed by atoms with E-state index in [1.807, 2.05) is 0 Å². The molecule has 0 saturated carbocycles. The number of halogens is 2. The van der Waals surface area contributed by atoms with Crippen LogP contribution in [0.5, 0.6) is 0 Å². The van der Waals surface area contributed by atoms with Gasteiger partial charge in [0.25, 0.3) is 0 Å². The van der Waals surface area contributed by atoms with Crippen LogP contribution in [0.15, 0.2) is 48.5 Å². The Hall–Kier alpha value is -0.660. The second kappa shape index (κ2) is 24.6. The molecule has 0 atom stereocenters. The SMILES string of the molecule is C[Si]C.Cc1cc2c(C(C)C)cc(C(C)C)cc2[cH-]1.Cc1cc2c(C(C)C)cc(C(C)C)cc2[cH-]1.[CH2-]C.[CH2-]C.[Cl-].[Cl-].[Zr+2]. The molecule has 4 heteroatoms. The zero-order valence-corrected chi connectivity index (χ0v) is 34.1. The van der Waals surface area contributed by atoms with Crippen LogP contribution >= 0.6 is 0 Å². The number of fused-ring (bicyclic) bond motifs is 2. The standard InChI is InChI=1S/2C16H21.C2H6Si.2C2H5.2ClH.Zr/c2*1-10(2)13-8-14-6-12(5)7-16(14)15(9-13)11(3)4;1-3-2;2*1-2;;;/h2*6-11H,1-5H3;1-2H3;2*1H2,2H3;2*1H;/q2*-1;;2*-1;;;+2/p-2. The molecule has 0 bridgehead atoms. The zero-order valence-electron chi connectivity index (χ0n) is 29.1. The first-order valence-electron chi connectivity index (χ1n) is 14.8. The molecule has 42 heavy (non-hydrogen) atoms.